The molecule has 1 amide bonds. The molecule has 0 radical (unpaired) electrons. The van der Waals surface area contributed by atoms with Crippen molar-refractivity contribution in [1.82, 2.24) is 5.32 Å². The summed E-state index contributed by atoms with van der Waals surface area (Å²) in [5.41, 5.74) is 0.168. The van der Waals surface area contributed by atoms with E-state index in [0.717, 1.165) is 6.41 Å². The molecule has 1 atom stereocenters. The summed E-state index contributed by atoms with van der Waals surface area (Å²) in [5.74, 6) is 0. The van der Waals surface area contributed by atoms with Gasteiger partial charge in [0.2, 0.25) is 6.41 Å². The van der Waals surface area contributed by atoms with Crippen LogP contribution in [0.3, 0.4) is 0 Å². The van der Waals surface area contributed by atoms with E-state index in [2.05, 4.69) is 26.1 Å². The van der Waals surface area contributed by atoms with Crippen LogP contribution in [0.5, 0.6) is 0 Å². The van der Waals surface area contributed by atoms with E-state index in [0.29, 0.717) is 0 Å². The van der Waals surface area contributed by atoms with Crippen LogP contribution in [-0.2, 0) is 4.79 Å². The number of hydrogen-bond donors (Lipinski definition) is 1. The third-order valence-electron chi connectivity index (χ3n) is 1.62. The number of rotatable bonds is 2. The predicted molar refractivity (Wildman–Crippen MR) is 38.1 cm³/mol. The van der Waals surface area contributed by atoms with Crippen molar-refractivity contribution in [3.63, 3.8) is 0 Å². The first-order chi connectivity index (χ1) is 3.98. The second kappa shape index (κ2) is 2.85. The minimum Gasteiger partial charge on any atom is -0.356 e. The Hall–Kier alpha value is -0.530. The van der Waals surface area contributed by atoms with Crippen LogP contribution in [0.4, 0.5) is 0 Å². The summed E-state index contributed by atoms with van der Waals surface area (Å²) in [5, 5.41) is 2.70. The van der Waals surface area contributed by atoms with Crippen molar-refractivity contribution in [2.24, 2.45) is 5.41 Å². The van der Waals surface area contributed by atoms with Gasteiger partial charge in [-0.3, -0.25) is 4.79 Å². The van der Waals surface area contributed by atoms with Gasteiger partial charge in [0.05, 0.1) is 0 Å². The molecular formula is C7H15NO. The van der Waals surface area contributed by atoms with Crippen molar-refractivity contribution in [1.29, 1.82) is 0 Å². The van der Waals surface area contributed by atoms with Gasteiger partial charge in [-0.2, -0.15) is 0 Å². The molecule has 54 valence electrons. The van der Waals surface area contributed by atoms with Gasteiger partial charge in [0, 0.05) is 6.04 Å². The van der Waals surface area contributed by atoms with E-state index in [4.69, 9.17) is 0 Å². The van der Waals surface area contributed by atoms with Crippen molar-refractivity contribution in [2.45, 2.75) is 33.7 Å². The zero-order valence-corrected chi connectivity index (χ0v) is 6.56. The molecule has 0 aliphatic carbocycles. The van der Waals surface area contributed by atoms with E-state index < -0.39 is 0 Å². The Morgan fingerprint density at radius 3 is 2.00 bits per heavy atom. The summed E-state index contributed by atoms with van der Waals surface area (Å²) in [6.45, 7) is 8.27. The summed E-state index contributed by atoms with van der Waals surface area (Å²) >= 11 is 0. The lowest BCUT2D eigenvalue weighted by Gasteiger charge is -2.26. The van der Waals surface area contributed by atoms with Crippen LogP contribution in [0.1, 0.15) is 27.7 Å². The summed E-state index contributed by atoms with van der Waals surface area (Å²) in [4.78, 5) is 9.95. The second-order valence-electron chi connectivity index (χ2n) is 3.37. The van der Waals surface area contributed by atoms with Gasteiger partial charge in [-0.1, -0.05) is 20.8 Å². The van der Waals surface area contributed by atoms with Gasteiger partial charge in [0.25, 0.3) is 0 Å². The van der Waals surface area contributed by atoms with Crippen LogP contribution < -0.4 is 5.32 Å². The molecule has 0 aliphatic rings. The van der Waals surface area contributed by atoms with Crippen LogP contribution in [0.25, 0.3) is 0 Å². The third kappa shape index (κ3) is 3.12. The Morgan fingerprint density at radius 1 is 1.44 bits per heavy atom. The fourth-order valence-electron chi connectivity index (χ4n) is 0.352. The highest BCUT2D eigenvalue weighted by atomic mass is 16.1. The first kappa shape index (κ1) is 8.47. The van der Waals surface area contributed by atoms with Crippen molar-refractivity contribution in [3.05, 3.63) is 0 Å². The molecular weight excluding hydrogens is 114 g/mol. The monoisotopic (exact) mass is 129 g/mol. The van der Waals surface area contributed by atoms with Gasteiger partial charge in [-0.15, -0.1) is 0 Å². The molecule has 0 fully saturated rings. The van der Waals surface area contributed by atoms with Gasteiger partial charge in [0.15, 0.2) is 0 Å². The van der Waals surface area contributed by atoms with E-state index in [1.807, 2.05) is 6.92 Å². The zero-order chi connectivity index (χ0) is 7.49. The lowest BCUT2D eigenvalue weighted by Crippen LogP contribution is -2.36. The molecule has 1 N–H and O–H groups in total. The van der Waals surface area contributed by atoms with Crippen molar-refractivity contribution in [3.8, 4) is 0 Å². The van der Waals surface area contributed by atoms with Crippen LogP contribution in [0.2, 0.25) is 0 Å². The Bertz CT molecular complexity index is 93.6. The maximum absolute atomic E-state index is 9.95. The molecule has 0 aromatic carbocycles. The van der Waals surface area contributed by atoms with E-state index in [-0.39, 0.29) is 11.5 Å². The van der Waals surface area contributed by atoms with Crippen molar-refractivity contribution in [2.75, 3.05) is 0 Å². The predicted octanol–water partition coefficient (Wildman–Crippen LogP) is 1.17. The minimum absolute atomic E-state index is 0.168. The van der Waals surface area contributed by atoms with Gasteiger partial charge < -0.3 is 5.32 Å². The lowest BCUT2D eigenvalue weighted by molar-refractivity contribution is -0.110. The summed E-state index contributed by atoms with van der Waals surface area (Å²) < 4.78 is 0. The molecule has 9 heavy (non-hydrogen) atoms. The average molecular weight is 129 g/mol. The SMILES string of the molecule is C[C@H](NC=O)C(C)(C)C. The van der Waals surface area contributed by atoms with Gasteiger partial charge in [-0.25, -0.2) is 0 Å². The van der Waals surface area contributed by atoms with Crippen LogP contribution >= 0.6 is 0 Å². The van der Waals surface area contributed by atoms with Crippen LogP contribution in [0.15, 0.2) is 0 Å². The third-order valence-corrected chi connectivity index (χ3v) is 1.62. The maximum Gasteiger partial charge on any atom is 0.207 e. The average Bonchev–Trinajstić information content (AvgIpc) is 1.64. The van der Waals surface area contributed by atoms with Crippen LogP contribution in [-0.4, -0.2) is 12.5 Å². The molecule has 2 heteroatoms. The number of hydrogen-bond acceptors (Lipinski definition) is 1. The van der Waals surface area contributed by atoms with E-state index in [1.54, 1.807) is 0 Å². The zero-order valence-electron chi connectivity index (χ0n) is 6.56. The fourth-order valence-corrected chi connectivity index (χ4v) is 0.352. The molecule has 0 heterocycles. The number of nitrogens with one attached hydrogen (secondary N) is 1. The van der Waals surface area contributed by atoms with Crippen molar-refractivity contribution >= 4 is 6.41 Å². The van der Waals surface area contributed by atoms with Gasteiger partial charge in [0.1, 0.15) is 0 Å². The highest BCUT2D eigenvalue weighted by Gasteiger charge is 2.18. The fraction of sp³-hybridized carbons (Fsp3) is 0.857. The molecule has 0 bridgehead atoms. The standard InChI is InChI=1S/C7H15NO/c1-6(8-5-9)7(2,3)4/h5-6H,1-4H3,(H,8,9)/t6-/m0/s1. The smallest absolute Gasteiger partial charge is 0.207 e. The second-order valence-corrected chi connectivity index (χ2v) is 3.37. The molecule has 2 nitrogen and oxygen atoms in total. The summed E-state index contributed by atoms with van der Waals surface area (Å²) in [6, 6.07) is 0.245. The first-order valence-corrected chi connectivity index (χ1v) is 3.18. The quantitative estimate of drug-likeness (QED) is 0.557. The minimum atomic E-state index is 0.168. The number of carbonyl (C=O) groups is 1. The van der Waals surface area contributed by atoms with E-state index >= 15 is 0 Å². The Kier molecular flexibility index (Phi) is 2.68. The normalized spacial score (nSPS) is 14.7. The van der Waals surface area contributed by atoms with E-state index in [9.17, 15) is 4.79 Å². The summed E-state index contributed by atoms with van der Waals surface area (Å²) in [7, 11) is 0. The van der Waals surface area contributed by atoms with Gasteiger partial charge >= 0.3 is 0 Å². The molecule has 0 unspecified atom stereocenters. The molecule has 0 saturated heterocycles. The topological polar surface area (TPSA) is 29.1 Å². The first-order valence-electron chi connectivity index (χ1n) is 3.18. The molecule has 0 rings (SSSR count). The van der Waals surface area contributed by atoms with Crippen molar-refractivity contribution < 1.29 is 4.79 Å². The Labute approximate surface area is 56.6 Å². The number of carbonyl (C=O) groups excluding carboxylic acids is 1. The Morgan fingerprint density at radius 2 is 1.89 bits per heavy atom. The van der Waals surface area contributed by atoms with Crippen LogP contribution in [0, 0.1) is 5.41 Å². The highest BCUT2D eigenvalue weighted by molar-refractivity contribution is 5.46. The molecule has 0 aromatic heterocycles. The highest BCUT2D eigenvalue weighted by Crippen LogP contribution is 2.17. The molecule has 0 aliphatic heterocycles. The summed E-state index contributed by atoms with van der Waals surface area (Å²) in [6.07, 6.45) is 0.746. The largest absolute Gasteiger partial charge is 0.356 e. The maximum atomic E-state index is 9.95. The molecule has 0 spiro atoms. The number of amides is 1. The Balaban J connectivity index is 3.72. The van der Waals surface area contributed by atoms with Gasteiger partial charge in [-0.05, 0) is 12.3 Å². The van der Waals surface area contributed by atoms with E-state index in [1.165, 1.54) is 0 Å². The molecule has 0 aromatic rings. The molecule has 0 saturated carbocycles. The lowest BCUT2D eigenvalue weighted by atomic mass is 9.88.